The Hall–Kier alpha value is -0.850. The molecule has 4 saturated carbocycles. The zero-order chi connectivity index (χ0) is 20.6. The highest BCUT2D eigenvalue weighted by Gasteiger charge is 2.86. The summed E-state index contributed by atoms with van der Waals surface area (Å²) in [5, 5.41) is 0. The van der Waals surface area contributed by atoms with E-state index in [0.29, 0.717) is 23.0 Å². The van der Waals surface area contributed by atoms with Crippen molar-refractivity contribution in [1.82, 2.24) is 0 Å². The normalized spacial score (nSPS) is 62.4. The highest BCUT2D eigenvalue weighted by Crippen LogP contribution is 2.89. The lowest BCUT2D eigenvalue weighted by Crippen LogP contribution is -2.49. The molecule has 0 N–H and O–H groups in total. The van der Waals surface area contributed by atoms with Crippen LogP contribution in [0.4, 0.5) is 0 Å². The highest BCUT2D eigenvalue weighted by molar-refractivity contribution is 6.02. The number of ketones is 1. The van der Waals surface area contributed by atoms with E-state index in [-0.39, 0.29) is 21.7 Å². The summed E-state index contributed by atoms with van der Waals surface area (Å²) in [6.45, 7) is 24.4. The van der Waals surface area contributed by atoms with Gasteiger partial charge in [0, 0.05) is 0 Å². The molecule has 0 radical (unpaired) electrons. The summed E-state index contributed by atoms with van der Waals surface area (Å²) in [6.07, 6.45) is 1.38. The number of rotatable bonds is 0. The Morgan fingerprint density at radius 2 is 0.964 bits per heavy atom. The summed E-state index contributed by atoms with van der Waals surface area (Å²) < 4.78 is 0. The van der Waals surface area contributed by atoms with Crippen molar-refractivity contribution >= 4 is 5.78 Å². The molecule has 0 aliphatic heterocycles. The van der Waals surface area contributed by atoms with Crippen LogP contribution in [0, 0.1) is 62.6 Å². The van der Waals surface area contributed by atoms with Crippen molar-refractivity contribution in [3.05, 3.63) is 22.3 Å². The van der Waals surface area contributed by atoms with Crippen molar-refractivity contribution in [3.63, 3.8) is 0 Å². The molecule has 0 aromatic heterocycles. The third-order valence-corrected chi connectivity index (χ3v) is 13.6. The zero-order valence-electron chi connectivity index (χ0n) is 19.6. The van der Waals surface area contributed by atoms with Gasteiger partial charge in [-0.3, -0.25) is 4.79 Å². The molecule has 6 aliphatic carbocycles. The van der Waals surface area contributed by atoms with Gasteiger partial charge in [0.25, 0.3) is 0 Å². The first-order valence-electron chi connectivity index (χ1n) is 11.7. The van der Waals surface area contributed by atoms with E-state index in [0.717, 1.165) is 23.7 Å². The summed E-state index contributed by atoms with van der Waals surface area (Å²) >= 11 is 0. The maximum atomic E-state index is 13.8. The minimum Gasteiger partial charge on any atom is -0.298 e. The van der Waals surface area contributed by atoms with Gasteiger partial charge in [0.05, 0.1) is 10.8 Å². The second-order valence-electron chi connectivity index (χ2n) is 12.9. The average Bonchev–Trinajstić information content (AvgIpc) is 3.34. The van der Waals surface area contributed by atoms with Crippen LogP contribution in [0.2, 0.25) is 0 Å². The molecule has 1 nitrogen and oxygen atoms in total. The summed E-state index contributed by atoms with van der Waals surface area (Å²) in [5.41, 5.74) is 6.71. The second kappa shape index (κ2) is 4.15. The maximum absolute atomic E-state index is 13.8. The van der Waals surface area contributed by atoms with Gasteiger partial charge in [-0.25, -0.2) is 0 Å². The largest absolute Gasteiger partial charge is 0.298 e. The van der Waals surface area contributed by atoms with E-state index in [4.69, 9.17) is 0 Å². The standard InChI is InChI=1S/C27H38O/c1-12-13(2)25(8)19-17-11-16(18(19)24(12,7)22(25)28)20-21(17)27(10)15(4)14(3)26(20,9)23(27,5)6/h16-21H,11H2,1-10H3. The fourth-order valence-electron chi connectivity index (χ4n) is 11.6. The predicted octanol–water partition coefficient (Wildman–Crippen LogP) is 6.45. The molecule has 28 heavy (non-hydrogen) atoms. The molecule has 6 rings (SSSR count). The first-order valence-corrected chi connectivity index (χ1v) is 11.7. The molecule has 0 heterocycles. The van der Waals surface area contributed by atoms with Crippen molar-refractivity contribution in [2.24, 2.45) is 62.6 Å². The van der Waals surface area contributed by atoms with Crippen molar-refractivity contribution in [2.45, 2.75) is 75.7 Å². The number of fused-ring (bicyclic) bond motifs is 16. The molecule has 0 aromatic carbocycles. The lowest BCUT2D eigenvalue weighted by Gasteiger charge is -2.53. The lowest BCUT2D eigenvalue weighted by atomic mass is 9.50. The van der Waals surface area contributed by atoms with Gasteiger partial charge in [-0.15, -0.1) is 0 Å². The van der Waals surface area contributed by atoms with Crippen LogP contribution in [0.1, 0.15) is 75.7 Å². The van der Waals surface area contributed by atoms with E-state index in [1.807, 2.05) is 0 Å². The van der Waals surface area contributed by atoms with Crippen LogP contribution in [-0.4, -0.2) is 5.78 Å². The summed E-state index contributed by atoms with van der Waals surface area (Å²) in [4.78, 5) is 13.8. The predicted molar refractivity (Wildman–Crippen MR) is 114 cm³/mol. The van der Waals surface area contributed by atoms with E-state index in [2.05, 4.69) is 69.2 Å². The van der Waals surface area contributed by atoms with Crippen LogP contribution in [0.5, 0.6) is 0 Å². The zero-order valence-corrected chi connectivity index (χ0v) is 19.6. The van der Waals surface area contributed by atoms with Crippen molar-refractivity contribution in [2.75, 3.05) is 0 Å². The van der Waals surface area contributed by atoms with E-state index in [1.165, 1.54) is 17.6 Å². The molecule has 4 fully saturated rings. The minimum atomic E-state index is -0.191. The number of carbonyl (C=O) groups is 1. The van der Waals surface area contributed by atoms with Gasteiger partial charge in [0.1, 0.15) is 0 Å². The Morgan fingerprint density at radius 3 is 1.32 bits per heavy atom. The number of hydrogen-bond acceptors (Lipinski definition) is 1. The van der Waals surface area contributed by atoms with E-state index < -0.39 is 0 Å². The van der Waals surface area contributed by atoms with Crippen LogP contribution in [0.25, 0.3) is 0 Å². The van der Waals surface area contributed by atoms with Gasteiger partial charge in [0.15, 0.2) is 5.78 Å². The van der Waals surface area contributed by atoms with Gasteiger partial charge >= 0.3 is 0 Å². The molecule has 0 aromatic rings. The van der Waals surface area contributed by atoms with Gasteiger partial charge in [-0.1, -0.05) is 50.0 Å². The number of allylic oxidation sites excluding steroid dienone is 4. The van der Waals surface area contributed by atoms with Crippen LogP contribution >= 0.6 is 0 Å². The van der Waals surface area contributed by atoms with Crippen LogP contribution < -0.4 is 0 Å². The molecule has 10 unspecified atom stereocenters. The van der Waals surface area contributed by atoms with Crippen molar-refractivity contribution < 1.29 is 4.79 Å². The molecular formula is C27H38O. The number of hydrogen-bond donors (Lipinski definition) is 0. The van der Waals surface area contributed by atoms with Gasteiger partial charge in [0.2, 0.25) is 0 Å². The molecule has 0 amide bonds. The Morgan fingerprint density at radius 1 is 0.607 bits per heavy atom. The quantitative estimate of drug-likeness (QED) is 0.350. The average molecular weight is 379 g/mol. The van der Waals surface area contributed by atoms with Crippen LogP contribution in [0.3, 0.4) is 0 Å². The summed E-state index contributed by atoms with van der Waals surface area (Å²) in [6, 6.07) is 0. The summed E-state index contributed by atoms with van der Waals surface area (Å²) in [7, 11) is 0. The van der Waals surface area contributed by atoms with E-state index in [1.54, 1.807) is 11.1 Å². The molecular weight excluding hydrogens is 340 g/mol. The fraction of sp³-hybridized carbons (Fsp3) is 0.815. The monoisotopic (exact) mass is 378 g/mol. The summed E-state index contributed by atoms with van der Waals surface area (Å²) in [5.74, 6) is 4.74. The minimum absolute atomic E-state index is 0.191. The van der Waals surface area contributed by atoms with Crippen LogP contribution in [-0.2, 0) is 4.79 Å². The van der Waals surface area contributed by atoms with Crippen molar-refractivity contribution in [3.8, 4) is 0 Å². The number of carbonyl (C=O) groups excluding carboxylic acids is 1. The van der Waals surface area contributed by atoms with Gasteiger partial charge in [-0.05, 0) is 99.7 Å². The molecule has 152 valence electrons. The Kier molecular flexibility index (Phi) is 2.66. The van der Waals surface area contributed by atoms with Crippen LogP contribution in [0.15, 0.2) is 22.3 Å². The smallest absolute Gasteiger partial charge is 0.153 e. The van der Waals surface area contributed by atoms with E-state index in [9.17, 15) is 4.79 Å². The first kappa shape index (κ1) is 18.0. The molecule has 1 heteroatoms. The molecule has 10 atom stereocenters. The highest BCUT2D eigenvalue weighted by atomic mass is 16.1. The molecule has 0 saturated heterocycles. The first-order chi connectivity index (χ1) is 12.8. The topological polar surface area (TPSA) is 17.1 Å². The Bertz CT molecular complexity index is 877. The fourth-order valence-corrected chi connectivity index (χ4v) is 11.6. The molecule has 6 aliphatic rings. The third kappa shape index (κ3) is 1.15. The second-order valence-corrected chi connectivity index (χ2v) is 12.9. The number of Topliss-reactive ketones (excluding diaryl/α,β-unsaturated/α-hetero) is 1. The van der Waals surface area contributed by atoms with E-state index >= 15 is 0 Å². The Balaban J connectivity index is 1.61. The third-order valence-electron chi connectivity index (χ3n) is 13.6. The molecule has 6 bridgehead atoms. The maximum Gasteiger partial charge on any atom is 0.153 e. The Labute approximate surface area is 171 Å². The SMILES string of the molecule is CC1=C(C)C2(C)C(=O)C1(C)C1C3CC(C12)C1C3C2(C)C(C)=C(C)C1(C)C2(C)C. The lowest BCUT2D eigenvalue weighted by molar-refractivity contribution is -0.129. The van der Waals surface area contributed by atoms with Gasteiger partial charge in [-0.2, -0.15) is 0 Å². The molecule has 0 spiro atoms. The van der Waals surface area contributed by atoms with Gasteiger partial charge < -0.3 is 0 Å². The van der Waals surface area contributed by atoms with Crippen molar-refractivity contribution in [1.29, 1.82) is 0 Å².